The quantitative estimate of drug-likeness (QED) is 0.499. The van der Waals surface area contributed by atoms with Crippen LogP contribution in [0, 0.1) is 12.8 Å². The second kappa shape index (κ2) is 11.6. The van der Waals surface area contributed by atoms with E-state index in [9.17, 15) is 4.79 Å². The van der Waals surface area contributed by atoms with Gasteiger partial charge in [0.25, 0.3) is 0 Å². The predicted molar refractivity (Wildman–Crippen MR) is 140 cm³/mol. The molecule has 2 aromatic rings. The molecule has 1 saturated heterocycles. The zero-order valence-corrected chi connectivity index (χ0v) is 21.4. The van der Waals surface area contributed by atoms with E-state index >= 15 is 0 Å². The maximum absolute atomic E-state index is 13.3. The van der Waals surface area contributed by atoms with Crippen molar-refractivity contribution in [3.8, 4) is 0 Å². The average molecular weight is 465 g/mol. The molecule has 3 nitrogen and oxygen atoms in total. The van der Waals surface area contributed by atoms with Gasteiger partial charge < -0.3 is 9.80 Å². The number of amides is 1. The number of thioether (sulfide) groups is 1. The van der Waals surface area contributed by atoms with Crippen molar-refractivity contribution < 1.29 is 4.79 Å². The van der Waals surface area contributed by atoms with Gasteiger partial charge in [0, 0.05) is 29.2 Å². The van der Waals surface area contributed by atoms with Crippen LogP contribution in [-0.2, 0) is 17.8 Å². The van der Waals surface area contributed by atoms with Gasteiger partial charge in [-0.1, -0.05) is 55.0 Å². The van der Waals surface area contributed by atoms with Crippen LogP contribution in [0.5, 0.6) is 0 Å². The van der Waals surface area contributed by atoms with Gasteiger partial charge in [0.15, 0.2) is 0 Å². The molecule has 0 radical (unpaired) electrons. The Balaban J connectivity index is 1.26. The van der Waals surface area contributed by atoms with E-state index in [1.165, 1.54) is 60.4 Å². The van der Waals surface area contributed by atoms with Crippen molar-refractivity contribution in [3.05, 3.63) is 65.2 Å². The molecular formula is C29H40N2OS. The van der Waals surface area contributed by atoms with Crippen LogP contribution >= 0.6 is 11.8 Å². The molecule has 0 saturated carbocycles. The van der Waals surface area contributed by atoms with Crippen LogP contribution < -0.4 is 0 Å². The normalized spacial score (nSPS) is 24.1. The highest BCUT2D eigenvalue weighted by atomic mass is 32.2. The topological polar surface area (TPSA) is 23.6 Å². The number of carbonyl (C=O) groups excluding carboxylic acids is 1. The molecule has 1 amide bonds. The van der Waals surface area contributed by atoms with Gasteiger partial charge in [-0.05, 0) is 88.7 Å². The van der Waals surface area contributed by atoms with Gasteiger partial charge >= 0.3 is 0 Å². The van der Waals surface area contributed by atoms with Crippen molar-refractivity contribution in [2.75, 3.05) is 19.6 Å². The lowest BCUT2D eigenvalue weighted by molar-refractivity contribution is -0.134. The van der Waals surface area contributed by atoms with E-state index in [1.807, 2.05) is 11.8 Å². The van der Waals surface area contributed by atoms with Crippen LogP contribution in [-0.4, -0.2) is 46.6 Å². The van der Waals surface area contributed by atoms with E-state index in [0.29, 0.717) is 17.6 Å². The molecule has 1 fully saturated rings. The third-order valence-corrected chi connectivity index (χ3v) is 8.95. The summed E-state index contributed by atoms with van der Waals surface area (Å²) in [6.45, 7) is 10.8. The molecule has 4 heteroatoms. The molecule has 3 atom stereocenters. The number of carbonyl (C=O) groups is 1. The van der Waals surface area contributed by atoms with E-state index in [-0.39, 0.29) is 6.04 Å². The highest BCUT2D eigenvalue weighted by Gasteiger charge is 2.29. The first-order valence-electron chi connectivity index (χ1n) is 12.8. The molecular weight excluding hydrogens is 424 g/mol. The molecule has 2 heterocycles. The molecule has 1 unspecified atom stereocenters. The summed E-state index contributed by atoms with van der Waals surface area (Å²) in [7, 11) is 0. The van der Waals surface area contributed by atoms with Gasteiger partial charge in [0.1, 0.15) is 0 Å². The first-order chi connectivity index (χ1) is 16.0. The van der Waals surface area contributed by atoms with E-state index in [4.69, 9.17) is 0 Å². The van der Waals surface area contributed by atoms with Gasteiger partial charge in [-0.25, -0.2) is 0 Å². The number of aryl methyl sites for hydroxylation is 1. The summed E-state index contributed by atoms with van der Waals surface area (Å²) in [6, 6.07) is 17.9. The number of likely N-dealkylation sites (tertiary alicyclic amines) is 1. The smallest absolute Gasteiger partial charge is 0.223 e. The highest BCUT2D eigenvalue weighted by molar-refractivity contribution is 8.00. The number of nitrogens with zero attached hydrogens (tertiary/aromatic N) is 2. The zero-order chi connectivity index (χ0) is 23.2. The third-order valence-electron chi connectivity index (χ3n) is 7.53. The van der Waals surface area contributed by atoms with Crippen LogP contribution in [0.1, 0.15) is 62.6 Å². The van der Waals surface area contributed by atoms with E-state index in [1.54, 1.807) is 0 Å². The van der Waals surface area contributed by atoms with Crippen molar-refractivity contribution in [2.24, 2.45) is 5.92 Å². The summed E-state index contributed by atoms with van der Waals surface area (Å²) in [6.07, 6.45) is 6.71. The minimum Gasteiger partial charge on any atom is -0.335 e. The SMILES string of the molecule is Cc1ccc2c(c1)CN(C(=O)CCCN1CCCC(Cc3ccccc3)CC1)[C@H](C)[C@H](C)S2. The van der Waals surface area contributed by atoms with Gasteiger partial charge in [-0.15, -0.1) is 11.8 Å². The summed E-state index contributed by atoms with van der Waals surface area (Å²) >= 11 is 1.92. The molecule has 2 aromatic carbocycles. The number of hydrogen-bond acceptors (Lipinski definition) is 3. The lowest BCUT2D eigenvalue weighted by Gasteiger charge is -2.31. The summed E-state index contributed by atoms with van der Waals surface area (Å²) in [5.74, 6) is 1.11. The average Bonchev–Trinajstić information content (AvgIpc) is 3.10. The van der Waals surface area contributed by atoms with Crippen molar-refractivity contribution >= 4 is 17.7 Å². The molecule has 2 aliphatic heterocycles. The van der Waals surface area contributed by atoms with Crippen LogP contribution in [0.3, 0.4) is 0 Å². The summed E-state index contributed by atoms with van der Waals surface area (Å²) in [5.41, 5.74) is 4.05. The first kappa shape index (κ1) is 24.3. The van der Waals surface area contributed by atoms with Crippen LogP contribution in [0.15, 0.2) is 53.4 Å². The van der Waals surface area contributed by atoms with E-state index in [2.05, 4.69) is 79.1 Å². The fourth-order valence-corrected chi connectivity index (χ4v) is 6.51. The zero-order valence-electron chi connectivity index (χ0n) is 20.6. The fourth-order valence-electron chi connectivity index (χ4n) is 5.34. The Morgan fingerprint density at radius 2 is 1.88 bits per heavy atom. The summed E-state index contributed by atoms with van der Waals surface area (Å²) < 4.78 is 0. The number of fused-ring (bicyclic) bond motifs is 1. The monoisotopic (exact) mass is 464 g/mol. The molecule has 0 spiro atoms. The highest BCUT2D eigenvalue weighted by Crippen LogP contribution is 2.35. The molecule has 0 aliphatic carbocycles. The minimum atomic E-state index is 0.257. The van der Waals surface area contributed by atoms with E-state index < -0.39 is 0 Å². The Morgan fingerprint density at radius 3 is 2.70 bits per heavy atom. The molecule has 33 heavy (non-hydrogen) atoms. The van der Waals surface area contributed by atoms with Crippen molar-refractivity contribution in [1.82, 2.24) is 9.80 Å². The van der Waals surface area contributed by atoms with Crippen LogP contribution in [0.25, 0.3) is 0 Å². The standard InChI is InChI=1S/C29H40N2OS/c1-22-13-14-28-27(19-22)21-31(23(2)24(3)33-28)29(32)12-8-17-30-16-7-11-26(15-18-30)20-25-9-5-4-6-10-25/h4-6,9-10,13-14,19,23-24,26H,7-8,11-12,15-18,20-21H2,1-3H3/t23-,24+,26?/m1/s1. The first-order valence-corrected chi connectivity index (χ1v) is 13.7. The van der Waals surface area contributed by atoms with Crippen molar-refractivity contribution in [3.63, 3.8) is 0 Å². The Kier molecular flexibility index (Phi) is 8.54. The lowest BCUT2D eigenvalue weighted by atomic mass is 9.93. The summed E-state index contributed by atoms with van der Waals surface area (Å²) in [4.78, 5) is 19.3. The molecule has 178 valence electrons. The van der Waals surface area contributed by atoms with Crippen LogP contribution in [0.2, 0.25) is 0 Å². The van der Waals surface area contributed by atoms with Crippen LogP contribution in [0.4, 0.5) is 0 Å². The Hall–Kier alpha value is -1.78. The lowest BCUT2D eigenvalue weighted by Crippen LogP contribution is -2.42. The minimum absolute atomic E-state index is 0.257. The second-order valence-electron chi connectivity index (χ2n) is 10.1. The third kappa shape index (κ3) is 6.64. The molecule has 4 rings (SSSR count). The van der Waals surface area contributed by atoms with Gasteiger partial charge in [0.2, 0.25) is 5.91 Å². The van der Waals surface area contributed by atoms with Gasteiger partial charge in [-0.3, -0.25) is 4.79 Å². The van der Waals surface area contributed by atoms with Crippen molar-refractivity contribution in [1.29, 1.82) is 0 Å². The van der Waals surface area contributed by atoms with Gasteiger partial charge in [-0.2, -0.15) is 0 Å². The summed E-state index contributed by atoms with van der Waals surface area (Å²) in [5, 5.41) is 0.407. The fraction of sp³-hybridized carbons (Fsp3) is 0.552. The van der Waals surface area contributed by atoms with Gasteiger partial charge in [0.05, 0.1) is 0 Å². The molecule has 2 aliphatic rings. The molecule has 0 aromatic heterocycles. The predicted octanol–water partition coefficient (Wildman–Crippen LogP) is 6.33. The Bertz CT molecular complexity index is 915. The van der Waals surface area contributed by atoms with E-state index in [0.717, 1.165) is 25.4 Å². The van der Waals surface area contributed by atoms with Crippen molar-refractivity contribution in [2.45, 2.75) is 82.0 Å². The number of benzene rings is 2. The number of rotatable bonds is 6. The maximum Gasteiger partial charge on any atom is 0.223 e. The Labute approximate surface area is 204 Å². The Morgan fingerprint density at radius 1 is 1.06 bits per heavy atom. The molecule has 0 N–H and O–H groups in total. The second-order valence-corrected chi connectivity index (χ2v) is 11.5. The number of hydrogen-bond donors (Lipinski definition) is 0. The maximum atomic E-state index is 13.3. The largest absolute Gasteiger partial charge is 0.335 e. The molecule has 0 bridgehead atoms.